The molecule has 4 aromatic rings. The van der Waals surface area contributed by atoms with Crippen LogP contribution in [0, 0.1) is 0 Å². The summed E-state index contributed by atoms with van der Waals surface area (Å²) < 4.78 is 16.1. The first kappa shape index (κ1) is 63.4. The van der Waals surface area contributed by atoms with Crippen molar-refractivity contribution in [3.8, 4) is 17.2 Å². The normalized spacial score (nSPS) is 12.4. The van der Waals surface area contributed by atoms with E-state index in [4.69, 9.17) is 48.6 Å². The summed E-state index contributed by atoms with van der Waals surface area (Å²) in [6.45, 7) is 1.51. The van der Waals surface area contributed by atoms with E-state index in [9.17, 15) is 38.4 Å². The molecule has 0 aromatic heterocycles. The highest BCUT2D eigenvalue weighted by atomic mass is 16.5. The Hall–Kier alpha value is -8.16. The third-order valence-corrected chi connectivity index (χ3v) is 12.6. The molecule has 79 heavy (non-hydrogen) atoms. The van der Waals surface area contributed by atoms with Crippen LogP contribution in [-0.4, -0.2) is 119 Å². The quantitative estimate of drug-likeness (QED) is 0.0299. The first-order valence-corrected chi connectivity index (χ1v) is 26.2. The number of hydrogen-bond donors (Lipinski definition) is 13. The summed E-state index contributed by atoms with van der Waals surface area (Å²) in [5.74, 6) is -4.52. The fraction of sp³-hybridized carbons (Fsp3) is 0.418. The minimum atomic E-state index is -1.11. The molecule has 0 fully saturated rings. The van der Waals surface area contributed by atoms with Gasteiger partial charge < -0.3 is 85.8 Å². The van der Waals surface area contributed by atoms with Crippen LogP contribution in [0.15, 0.2) is 78.9 Å². The molecule has 0 aliphatic rings. The molecule has 0 bridgehead atoms. The van der Waals surface area contributed by atoms with Gasteiger partial charge in [0.2, 0.25) is 23.6 Å². The summed E-state index contributed by atoms with van der Waals surface area (Å²) in [5, 5.41) is 19.3. The molecule has 4 atom stereocenters. The summed E-state index contributed by atoms with van der Waals surface area (Å²) in [6, 6.07) is 15.2. The molecule has 0 aliphatic carbocycles. The number of nitrogens with two attached hydrogens (primary N) is 6. The first-order chi connectivity index (χ1) is 38.0. The molecular formula is C55H77N13O11. The Balaban J connectivity index is 1.50. The number of hydrogen-bond acceptors (Lipinski definition) is 16. The van der Waals surface area contributed by atoms with Crippen molar-refractivity contribution in [2.75, 3.05) is 68.8 Å². The molecule has 4 rings (SSSR count). The number of carbonyl (C=O) groups excluding carboxylic acids is 8. The molecule has 4 aromatic carbocycles. The number of amides is 8. The number of rotatable bonds is 34. The summed E-state index contributed by atoms with van der Waals surface area (Å²) in [6.07, 6.45) is 5.48. The van der Waals surface area contributed by atoms with E-state index in [0.717, 1.165) is 6.42 Å². The van der Waals surface area contributed by atoms with Crippen LogP contribution in [0.25, 0.3) is 0 Å². The van der Waals surface area contributed by atoms with E-state index in [1.54, 1.807) is 18.2 Å². The number of primary amides is 1. The van der Waals surface area contributed by atoms with Crippen LogP contribution in [0.4, 0.5) is 22.7 Å². The van der Waals surface area contributed by atoms with Crippen molar-refractivity contribution in [1.29, 1.82) is 0 Å². The Labute approximate surface area is 459 Å². The number of methoxy groups -OCH3 is 3. The zero-order valence-electron chi connectivity index (χ0n) is 45.1. The van der Waals surface area contributed by atoms with Gasteiger partial charge in [0.05, 0.1) is 44.1 Å². The van der Waals surface area contributed by atoms with Gasteiger partial charge in [-0.15, -0.1) is 0 Å². The van der Waals surface area contributed by atoms with Crippen LogP contribution in [0.5, 0.6) is 17.2 Å². The lowest BCUT2D eigenvalue weighted by Gasteiger charge is -2.21. The van der Waals surface area contributed by atoms with Crippen molar-refractivity contribution in [3.05, 3.63) is 101 Å². The number of anilines is 4. The molecule has 0 aliphatic heterocycles. The highest BCUT2D eigenvalue weighted by molar-refractivity contribution is 6.07. The monoisotopic (exact) mass is 1100 g/mol. The molecule has 2 unspecified atom stereocenters. The van der Waals surface area contributed by atoms with Gasteiger partial charge in [0.25, 0.3) is 23.6 Å². The third kappa shape index (κ3) is 20.0. The molecule has 8 amide bonds. The molecule has 0 saturated carbocycles. The lowest BCUT2D eigenvalue weighted by Crippen LogP contribution is -2.44. The van der Waals surface area contributed by atoms with E-state index >= 15 is 0 Å². The van der Waals surface area contributed by atoms with E-state index in [-0.39, 0.29) is 81.5 Å². The number of benzene rings is 4. The second-order valence-electron chi connectivity index (χ2n) is 18.5. The molecule has 24 nitrogen and oxygen atoms in total. The second-order valence-corrected chi connectivity index (χ2v) is 18.5. The van der Waals surface area contributed by atoms with Crippen molar-refractivity contribution in [2.24, 2.45) is 34.4 Å². The van der Waals surface area contributed by atoms with Crippen LogP contribution in [-0.2, 0) is 19.2 Å². The first-order valence-electron chi connectivity index (χ1n) is 26.2. The van der Waals surface area contributed by atoms with Crippen molar-refractivity contribution in [2.45, 2.75) is 101 Å². The van der Waals surface area contributed by atoms with Gasteiger partial charge in [-0.2, -0.15) is 0 Å². The Morgan fingerprint density at radius 3 is 1.14 bits per heavy atom. The molecular weight excluding hydrogens is 1020 g/mol. The second kappa shape index (κ2) is 33.2. The largest absolute Gasteiger partial charge is 0.496 e. The maximum absolute atomic E-state index is 14.0. The summed E-state index contributed by atoms with van der Waals surface area (Å²) in [4.78, 5) is 108. The molecule has 0 radical (unpaired) electrons. The number of ether oxygens (including phenoxy) is 3. The zero-order chi connectivity index (χ0) is 57.9. The van der Waals surface area contributed by atoms with Gasteiger partial charge in [0.1, 0.15) is 35.4 Å². The highest BCUT2D eigenvalue weighted by Crippen LogP contribution is 2.27. The number of nitrogens with one attached hydrogen (secondary N) is 7. The minimum absolute atomic E-state index is 0.0217. The van der Waals surface area contributed by atoms with Gasteiger partial charge in [0.15, 0.2) is 0 Å². The predicted molar refractivity (Wildman–Crippen MR) is 302 cm³/mol. The molecule has 428 valence electrons. The molecule has 19 N–H and O–H groups in total. The van der Waals surface area contributed by atoms with E-state index in [2.05, 4.69) is 37.2 Å². The van der Waals surface area contributed by atoms with Gasteiger partial charge >= 0.3 is 0 Å². The summed E-state index contributed by atoms with van der Waals surface area (Å²) >= 11 is 0. The van der Waals surface area contributed by atoms with Gasteiger partial charge in [0, 0.05) is 28.3 Å². The van der Waals surface area contributed by atoms with E-state index in [0.29, 0.717) is 77.5 Å². The maximum Gasteiger partial charge on any atom is 0.255 e. The van der Waals surface area contributed by atoms with Crippen molar-refractivity contribution in [3.63, 3.8) is 0 Å². The topological polar surface area (TPSA) is 405 Å². The Bertz CT molecular complexity index is 2720. The lowest BCUT2D eigenvalue weighted by molar-refractivity contribution is -0.118. The average Bonchev–Trinajstić information content (AvgIpc) is 3.46. The highest BCUT2D eigenvalue weighted by Gasteiger charge is 2.28. The standard InChI is InChI=1S/C55H77N13O11/c1-77-45-22-19-35(30-38(45)48(61)69)64-55(76)44(18-7-11-28-59)68-51(72)40-32-37(21-24-47(40)79-3)65-53(74)42(16-5-9-26-57)66-49(70)33-13-12-14-34(29-33)63-54(75)43(17-6-10-27-58)67-50(71)39-31-36(20-23-46(39)78-2)62-52(73)41(60)15-4-8-25-56/h12-14,19-24,29-32,41-44H,4-11,15-18,25-28,56-60H2,1-3H3,(H2,61,69)(H,62,73)(H,63,75)(H,64,76)(H,65,74)(H,66,70)(H,67,71)(H,68,72)/t41-,42?,43?,44-/m0/s1. The molecule has 0 spiro atoms. The van der Waals surface area contributed by atoms with Crippen LogP contribution >= 0.6 is 0 Å². The lowest BCUT2D eigenvalue weighted by atomic mass is 10.1. The number of unbranched alkanes of at least 4 members (excludes halogenated alkanes) is 4. The van der Waals surface area contributed by atoms with E-state index in [1.807, 2.05) is 0 Å². The van der Waals surface area contributed by atoms with E-state index in [1.165, 1.54) is 82.0 Å². The average molecular weight is 1100 g/mol. The maximum atomic E-state index is 14.0. The zero-order valence-corrected chi connectivity index (χ0v) is 45.1. The Kier molecular flexibility index (Phi) is 26.6. The smallest absolute Gasteiger partial charge is 0.255 e. The molecule has 0 heterocycles. The van der Waals surface area contributed by atoms with Crippen molar-refractivity contribution in [1.82, 2.24) is 16.0 Å². The fourth-order valence-electron chi connectivity index (χ4n) is 8.20. The summed E-state index contributed by atoms with van der Waals surface area (Å²) in [5.41, 5.74) is 35.5. The molecule has 0 saturated heterocycles. The van der Waals surface area contributed by atoms with Gasteiger partial charge in [-0.05, 0) is 170 Å². The number of carbonyl (C=O) groups is 8. The molecule has 24 heteroatoms. The fourth-order valence-corrected chi connectivity index (χ4v) is 8.20. The van der Waals surface area contributed by atoms with E-state index < -0.39 is 71.4 Å². The van der Waals surface area contributed by atoms with Crippen LogP contribution < -0.4 is 85.8 Å². The van der Waals surface area contributed by atoms with Crippen LogP contribution in [0.3, 0.4) is 0 Å². The van der Waals surface area contributed by atoms with Crippen molar-refractivity contribution >= 4 is 70.0 Å². The Morgan fingerprint density at radius 2 is 0.759 bits per heavy atom. The van der Waals surface area contributed by atoms with Gasteiger partial charge in [-0.1, -0.05) is 12.5 Å². The SMILES string of the molecule is COc1ccc(NC(=O)[C@H](CCCCN)NC(=O)c2cc(NC(=O)C(CCCCN)NC(=O)c3cccc(NC(=O)C(CCCCN)NC(=O)c4cc(NC(=O)[C@@H](N)CCCCN)ccc4OC)c3)ccc2OC)cc1C(N)=O. The predicted octanol–water partition coefficient (Wildman–Crippen LogP) is 2.80. The Morgan fingerprint density at radius 1 is 0.418 bits per heavy atom. The minimum Gasteiger partial charge on any atom is -0.496 e. The van der Waals surface area contributed by atoms with Crippen molar-refractivity contribution < 1.29 is 52.6 Å². The third-order valence-electron chi connectivity index (χ3n) is 12.6. The van der Waals surface area contributed by atoms with Gasteiger partial charge in [-0.3, -0.25) is 38.4 Å². The van der Waals surface area contributed by atoms with Crippen LogP contribution in [0.1, 0.15) is 118 Å². The van der Waals surface area contributed by atoms with Crippen LogP contribution in [0.2, 0.25) is 0 Å². The van der Waals surface area contributed by atoms with Gasteiger partial charge in [-0.25, -0.2) is 0 Å². The summed E-state index contributed by atoms with van der Waals surface area (Å²) in [7, 11) is 4.11.